The van der Waals surface area contributed by atoms with Gasteiger partial charge in [-0.1, -0.05) is 17.7 Å². The predicted octanol–water partition coefficient (Wildman–Crippen LogP) is 4.20. The van der Waals surface area contributed by atoms with Crippen LogP contribution in [0.5, 0.6) is 11.5 Å². The molecule has 0 saturated carbocycles. The van der Waals surface area contributed by atoms with Crippen LogP contribution in [0.3, 0.4) is 0 Å². The third-order valence-corrected chi connectivity index (χ3v) is 3.24. The first-order valence-electron chi connectivity index (χ1n) is 5.11. The van der Waals surface area contributed by atoms with E-state index in [1.54, 1.807) is 6.07 Å². The molecule has 2 nitrogen and oxygen atoms in total. The summed E-state index contributed by atoms with van der Waals surface area (Å²) >= 11 is 8.19. The molecule has 0 radical (unpaired) electrons. The second-order valence-electron chi connectivity index (χ2n) is 3.51. The van der Waals surface area contributed by atoms with Crippen LogP contribution >= 0.6 is 34.2 Å². The molecule has 0 saturated heterocycles. The van der Waals surface area contributed by atoms with Crippen molar-refractivity contribution < 1.29 is 4.74 Å². The lowest BCUT2D eigenvalue weighted by molar-refractivity contribution is 0.476. The molecule has 0 aliphatic carbocycles. The Balaban J connectivity index is 2.28. The van der Waals surface area contributed by atoms with E-state index in [9.17, 15) is 0 Å². The van der Waals surface area contributed by atoms with E-state index in [0.29, 0.717) is 17.3 Å². The van der Waals surface area contributed by atoms with E-state index in [0.717, 1.165) is 11.3 Å². The van der Waals surface area contributed by atoms with Crippen molar-refractivity contribution in [1.82, 2.24) is 0 Å². The van der Waals surface area contributed by atoms with Crippen molar-refractivity contribution in [3.8, 4) is 11.5 Å². The van der Waals surface area contributed by atoms with Crippen molar-refractivity contribution in [2.75, 3.05) is 0 Å². The van der Waals surface area contributed by atoms with Gasteiger partial charge in [-0.05, 0) is 59.0 Å². The van der Waals surface area contributed by atoms with Crippen LogP contribution in [0.15, 0.2) is 42.5 Å². The minimum absolute atomic E-state index is 0.427. The Morgan fingerprint density at radius 1 is 1.12 bits per heavy atom. The van der Waals surface area contributed by atoms with Crippen molar-refractivity contribution >= 4 is 34.2 Å². The Kier molecular flexibility index (Phi) is 4.25. The maximum absolute atomic E-state index is 5.94. The molecule has 0 aliphatic heterocycles. The maximum atomic E-state index is 5.94. The van der Waals surface area contributed by atoms with Gasteiger partial charge in [-0.2, -0.15) is 0 Å². The monoisotopic (exact) mass is 359 g/mol. The van der Waals surface area contributed by atoms with Crippen LogP contribution in [0, 0.1) is 3.57 Å². The van der Waals surface area contributed by atoms with Crippen LogP contribution in [-0.4, -0.2) is 0 Å². The van der Waals surface area contributed by atoms with Gasteiger partial charge in [-0.15, -0.1) is 0 Å². The molecule has 0 fully saturated rings. The summed E-state index contributed by atoms with van der Waals surface area (Å²) < 4.78 is 6.94. The molecule has 0 aliphatic rings. The summed E-state index contributed by atoms with van der Waals surface area (Å²) in [7, 11) is 0. The van der Waals surface area contributed by atoms with Gasteiger partial charge in [0.1, 0.15) is 11.5 Å². The fourth-order valence-electron chi connectivity index (χ4n) is 1.42. The van der Waals surface area contributed by atoms with Crippen molar-refractivity contribution in [2.24, 2.45) is 5.73 Å². The first-order valence-corrected chi connectivity index (χ1v) is 6.56. The summed E-state index contributed by atoms with van der Waals surface area (Å²) in [5.41, 5.74) is 6.59. The molecule has 0 heterocycles. The van der Waals surface area contributed by atoms with Gasteiger partial charge in [-0.25, -0.2) is 0 Å². The lowest BCUT2D eigenvalue weighted by Gasteiger charge is -2.10. The Morgan fingerprint density at radius 3 is 2.47 bits per heavy atom. The van der Waals surface area contributed by atoms with Gasteiger partial charge in [0.15, 0.2) is 0 Å². The Hall–Kier alpha value is -0.780. The van der Waals surface area contributed by atoms with Crippen molar-refractivity contribution in [3.63, 3.8) is 0 Å². The standard InChI is InChI=1S/C13H11ClINO/c14-10-2-1-9(8-16)13(7-10)17-12-5-3-11(15)4-6-12/h1-7H,8,16H2. The van der Waals surface area contributed by atoms with Crippen molar-refractivity contribution in [1.29, 1.82) is 0 Å². The Morgan fingerprint density at radius 2 is 1.82 bits per heavy atom. The summed E-state index contributed by atoms with van der Waals surface area (Å²) in [4.78, 5) is 0. The van der Waals surface area contributed by atoms with Gasteiger partial charge in [0.25, 0.3) is 0 Å². The highest BCUT2D eigenvalue weighted by molar-refractivity contribution is 14.1. The maximum Gasteiger partial charge on any atom is 0.133 e. The highest BCUT2D eigenvalue weighted by Crippen LogP contribution is 2.28. The number of hydrogen-bond acceptors (Lipinski definition) is 2. The number of rotatable bonds is 3. The average molecular weight is 360 g/mol. The molecule has 2 rings (SSSR count). The molecule has 0 aromatic heterocycles. The van der Waals surface area contributed by atoms with Gasteiger partial charge in [-0.3, -0.25) is 0 Å². The molecule has 0 unspecified atom stereocenters. The molecule has 0 bridgehead atoms. The number of benzene rings is 2. The van der Waals surface area contributed by atoms with Crippen LogP contribution in [0.4, 0.5) is 0 Å². The molecule has 0 spiro atoms. The number of ether oxygens (including phenoxy) is 1. The summed E-state index contributed by atoms with van der Waals surface area (Å²) in [6.45, 7) is 0.427. The summed E-state index contributed by atoms with van der Waals surface area (Å²) in [5, 5.41) is 0.641. The molecular weight excluding hydrogens is 349 g/mol. The Bertz CT molecular complexity index is 513. The first kappa shape index (κ1) is 12.7. The van der Waals surface area contributed by atoms with Crippen LogP contribution in [0.2, 0.25) is 5.02 Å². The zero-order valence-corrected chi connectivity index (χ0v) is 11.9. The largest absolute Gasteiger partial charge is 0.457 e. The number of halogens is 2. The first-order chi connectivity index (χ1) is 8.19. The molecule has 2 aromatic carbocycles. The van der Waals surface area contributed by atoms with Gasteiger partial charge < -0.3 is 10.5 Å². The summed E-state index contributed by atoms with van der Waals surface area (Å²) in [5.74, 6) is 1.49. The van der Waals surface area contributed by atoms with E-state index in [2.05, 4.69) is 22.6 Å². The van der Waals surface area contributed by atoms with E-state index in [-0.39, 0.29) is 0 Å². The van der Waals surface area contributed by atoms with Crippen LogP contribution in [-0.2, 0) is 6.54 Å². The third-order valence-electron chi connectivity index (χ3n) is 2.29. The van der Waals surface area contributed by atoms with Crippen LogP contribution in [0.1, 0.15) is 5.56 Å². The third kappa shape index (κ3) is 3.34. The van der Waals surface area contributed by atoms with E-state index in [1.165, 1.54) is 3.57 Å². The fourth-order valence-corrected chi connectivity index (χ4v) is 1.94. The van der Waals surface area contributed by atoms with Crippen LogP contribution in [0.25, 0.3) is 0 Å². The SMILES string of the molecule is NCc1ccc(Cl)cc1Oc1ccc(I)cc1. The molecule has 0 amide bonds. The van der Waals surface area contributed by atoms with E-state index in [4.69, 9.17) is 22.1 Å². The topological polar surface area (TPSA) is 35.2 Å². The lowest BCUT2D eigenvalue weighted by atomic mass is 10.2. The van der Waals surface area contributed by atoms with Gasteiger partial charge in [0, 0.05) is 20.7 Å². The summed E-state index contributed by atoms with van der Waals surface area (Å²) in [6, 6.07) is 13.3. The van der Waals surface area contributed by atoms with Crippen LogP contribution < -0.4 is 10.5 Å². The highest BCUT2D eigenvalue weighted by Gasteiger charge is 2.04. The quantitative estimate of drug-likeness (QED) is 0.834. The molecule has 2 aromatic rings. The summed E-state index contributed by atoms with van der Waals surface area (Å²) in [6.07, 6.45) is 0. The molecule has 4 heteroatoms. The normalized spacial score (nSPS) is 10.3. The Labute approximate surface area is 119 Å². The number of nitrogens with two attached hydrogens (primary N) is 1. The van der Waals surface area contributed by atoms with Crippen molar-refractivity contribution in [2.45, 2.75) is 6.54 Å². The molecule has 0 atom stereocenters. The minimum atomic E-state index is 0.427. The zero-order valence-electron chi connectivity index (χ0n) is 8.99. The van der Waals surface area contributed by atoms with E-state index < -0.39 is 0 Å². The average Bonchev–Trinajstić information content (AvgIpc) is 2.32. The lowest BCUT2D eigenvalue weighted by Crippen LogP contribution is -1.99. The van der Waals surface area contributed by atoms with Crippen molar-refractivity contribution in [3.05, 3.63) is 56.6 Å². The number of hydrogen-bond donors (Lipinski definition) is 1. The van der Waals surface area contributed by atoms with Gasteiger partial charge >= 0.3 is 0 Å². The second-order valence-corrected chi connectivity index (χ2v) is 5.19. The molecular formula is C13H11ClINO. The smallest absolute Gasteiger partial charge is 0.133 e. The fraction of sp³-hybridized carbons (Fsp3) is 0.0769. The van der Waals surface area contributed by atoms with Gasteiger partial charge in [0.2, 0.25) is 0 Å². The highest BCUT2D eigenvalue weighted by atomic mass is 127. The second kappa shape index (κ2) is 5.71. The van der Waals surface area contributed by atoms with Gasteiger partial charge in [0.05, 0.1) is 0 Å². The van der Waals surface area contributed by atoms with E-state index in [1.807, 2.05) is 36.4 Å². The molecule has 2 N–H and O–H groups in total. The molecule has 88 valence electrons. The minimum Gasteiger partial charge on any atom is -0.457 e. The predicted molar refractivity (Wildman–Crippen MR) is 78.6 cm³/mol. The molecule has 17 heavy (non-hydrogen) atoms. The zero-order chi connectivity index (χ0) is 12.3. The van der Waals surface area contributed by atoms with E-state index >= 15 is 0 Å².